The van der Waals surface area contributed by atoms with Crippen LogP contribution in [0, 0.1) is 22.0 Å². The number of nitrogens with one attached hydrogen (secondary N) is 1. The van der Waals surface area contributed by atoms with Gasteiger partial charge in [-0.15, -0.1) is 0 Å². The number of sulfonamides is 1. The third-order valence-electron chi connectivity index (χ3n) is 6.05. The van der Waals surface area contributed by atoms with Gasteiger partial charge in [-0.25, -0.2) is 8.42 Å². The molecular weight excluding hydrogens is 406 g/mol. The first-order valence-corrected chi connectivity index (χ1v) is 11.4. The van der Waals surface area contributed by atoms with Crippen molar-refractivity contribution < 1.29 is 18.1 Å². The molecule has 0 saturated heterocycles. The second kappa shape index (κ2) is 8.06. The number of amides is 1. The molecule has 0 aromatic heterocycles. The number of hydrogen-bond acceptors (Lipinski definition) is 5. The molecule has 2 aliphatic carbocycles. The Bertz CT molecular complexity index is 1060. The molecule has 1 amide bonds. The van der Waals surface area contributed by atoms with E-state index in [-0.39, 0.29) is 11.7 Å². The number of nitrogens with zero attached hydrogens (tertiary/aromatic N) is 2. The van der Waals surface area contributed by atoms with E-state index >= 15 is 0 Å². The van der Waals surface area contributed by atoms with Gasteiger partial charge in [0.15, 0.2) is 4.90 Å². The van der Waals surface area contributed by atoms with Crippen LogP contribution in [0.25, 0.3) is 0 Å². The molecule has 9 heteroatoms. The summed E-state index contributed by atoms with van der Waals surface area (Å²) in [6, 6.07) is 13.4. The maximum atomic E-state index is 13.4. The average Bonchev–Trinajstić information content (AvgIpc) is 3.35. The highest BCUT2D eigenvalue weighted by molar-refractivity contribution is 7.93. The van der Waals surface area contributed by atoms with Gasteiger partial charge in [-0.1, -0.05) is 36.8 Å². The van der Waals surface area contributed by atoms with Gasteiger partial charge in [0.1, 0.15) is 6.54 Å². The van der Waals surface area contributed by atoms with Crippen molar-refractivity contribution in [3.05, 3.63) is 64.7 Å². The standard InChI is InChI=1S/C21H23N3O5S/c25-21(22-18-13-15-10-11-16(18)12-15)14-23(17-6-2-1-3-7-17)30(28,29)20-9-5-4-8-19(20)24(26)27/h1-9,15-16,18H,10-14H2,(H,22,25)/t15-,16-,18-/m1/s1. The summed E-state index contributed by atoms with van der Waals surface area (Å²) in [6.45, 7) is -0.438. The van der Waals surface area contributed by atoms with Crippen LogP contribution in [0.1, 0.15) is 25.7 Å². The van der Waals surface area contributed by atoms with Crippen LogP contribution in [0.5, 0.6) is 0 Å². The Hall–Kier alpha value is -2.94. The van der Waals surface area contributed by atoms with Crippen molar-refractivity contribution >= 4 is 27.3 Å². The van der Waals surface area contributed by atoms with Crippen LogP contribution in [0.4, 0.5) is 11.4 Å². The number of hydrogen-bond donors (Lipinski definition) is 1. The third-order valence-corrected chi connectivity index (χ3v) is 7.87. The minimum atomic E-state index is -4.34. The first-order valence-electron chi connectivity index (χ1n) is 9.97. The zero-order valence-electron chi connectivity index (χ0n) is 16.3. The lowest BCUT2D eigenvalue weighted by Gasteiger charge is -2.27. The largest absolute Gasteiger partial charge is 0.352 e. The predicted molar refractivity (Wildman–Crippen MR) is 111 cm³/mol. The Kier molecular flexibility index (Phi) is 5.46. The molecule has 0 unspecified atom stereocenters. The highest BCUT2D eigenvalue weighted by Crippen LogP contribution is 2.44. The molecule has 2 bridgehead atoms. The summed E-state index contributed by atoms with van der Waals surface area (Å²) < 4.78 is 27.7. The third kappa shape index (κ3) is 3.89. The van der Waals surface area contributed by atoms with Crippen LogP contribution in [0.15, 0.2) is 59.5 Å². The van der Waals surface area contributed by atoms with Crippen molar-refractivity contribution in [2.75, 3.05) is 10.8 Å². The summed E-state index contributed by atoms with van der Waals surface area (Å²) in [7, 11) is -4.34. The molecule has 2 aliphatic rings. The van der Waals surface area contributed by atoms with Gasteiger partial charge in [0, 0.05) is 12.1 Å². The average molecular weight is 429 g/mol. The minimum Gasteiger partial charge on any atom is -0.352 e. The van der Waals surface area contributed by atoms with Crippen molar-refractivity contribution in [2.45, 2.75) is 36.6 Å². The number of benzene rings is 2. The summed E-state index contributed by atoms with van der Waals surface area (Å²) in [6.07, 6.45) is 4.33. The van der Waals surface area contributed by atoms with E-state index in [1.54, 1.807) is 30.3 Å². The van der Waals surface area contributed by atoms with E-state index in [1.807, 2.05) is 0 Å². The predicted octanol–water partition coefficient (Wildman–Crippen LogP) is 3.09. The van der Waals surface area contributed by atoms with Crippen LogP contribution >= 0.6 is 0 Å². The van der Waals surface area contributed by atoms with E-state index in [0.29, 0.717) is 11.8 Å². The zero-order valence-corrected chi connectivity index (χ0v) is 17.1. The van der Waals surface area contributed by atoms with Gasteiger partial charge in [0.25, 0.3) is 15.7 Å². The zero-order chi connectivity index (χ0) is 21.3. The van der Waals surface area contributed by atoms with Crippen molar-refractivity contribution in [2.24, 2.45) is 11.8 Å². The fraction of sp³-hybridized carbons (Fsp3) is 0.381. The minimum absolute atomic E-state index is 0.0719. The van der Waals surface area contributed by atoms with Crippen molar-refractivity contribution in [1.82, 2.24) is 5.32 Å². The molecule has 8 nitrogen and oxygen atoms in total. The smallest absolute Gasteiger partial charge is 0.289 e. The summed E-state index contributed by atoms with van der Waals surface area (Å²) in [5.41, 5.74) is -0.245. The monoisotopic (exact) mass is 429 g/mol. The summed E-state index contributed by atoms with van der Waals surface area (Å²) in [5.74, 6) is 0.690. The first kappa shape index (κ1) is 20.3. The molecule has 0 aliphatic heterocycles. The molecule has 2 fully saturated rings. The van der Waals surface area contributed by atoms with Crippen LogP contribution in [0.3, 0.4) is 0 Å². The van der Waals surface area contributed by atoms with E-state index in [4.69, 9.17) is 0 Å². The molecule has 0 spiro atoms. The van der Waals surface area contributed by atoms with Gasteiger partial charge in [-0.05, 0) is 49.3 Å². The molecule has 2 aromatic carbocycles. The summed E-state index contributed by atoms with van der Waals surface area (Å²) >= 11 is 0. The van der Waals surface area contributed by atoms with Crippen LogP contribution in [0.2, 0.25) is 0 Å². The van der Waals surface area contributed by atoms with E-state index in [2.05, 4.69) is 5.32 Å². The van der Waals surface area contributed by atoms with E-state index in [0.717, 1.165) is 29.6 Å². The van der Waals surface area contributed by atoms with Crippen LogP contribution in [-0.4, -0.2) is 31.8 Å². The lowest BCUT2D eigenvalue weighted by atomic mass is 9.95. The highest BCUT2D eigenvalue weighted by atomic mass is 32.2. The second-order valence-electron chi connectivity index (χ2n) is 7.92. The number of nitro benzene ring substituents is 1. The summed E-state index contributed by atoms with van der Waals surface area (Å²) in [4.78, 5) is 23.0. The Morgan fingerprint density at radius 1 is 1.07 bits per heavy atom. The van der Waals surface area contributed by atoms with Crippen molar-refractivity contribution in [3.63, 3.8) is 0 Å². The molecule has 30 heavy (non-hydrogen) atoms. The van der Waals surface area contributed by atoms with Crippen molar-refractivity contribution in [1.29, 1.82) is 0 Å². The Balaban J connectivity index is 1.63. The molecule has 1 N–H and O–H groups in total. The fourth-order valence-corrected chi connectivity index (χ4v) is 6.24. The van der Waals surface area contributed by atoms with Gasteiger partial charge in [0.2, 0.25) is 5.91 Å². The molecule has 2 saturated carbocycles. The van der Waals surface area contributed by atoms with E-state index in [1.165, 1.54) is 24.6 Å². The quantitative estimate of drug-likeness (QED) is 0.537. The van der Waals surface area contributed by atoms with Gasteiger partial charge >= 0.3 is 0 Å². The topological polar surface area (TPSA) is 110 Å². The lowest BCUT2D eigenvalue weighted by Crippen LogP contribution is -2.46. The second-order valence-corrected chi connectivity index (χ2v) is 9.75. The SMILES string of the molecule is O=C(CN(c1ccccc1)S(=O)(=O)c1ccccc1[N+](=O)[O-])N[C@@H]1C[C@@H]2CC[C@@H]1C2. The normalized spacial score (nSPS) is 22.6. The molecule has 158 valence electrons. The molecule has 4 rings (SSSR count). The molecule has 0 heterocycles. The number of rotatable bonds is 7. The number of nitro groups is 1. The molecule has 0 radical (unpaired) electrons. The number of fused-ring (bicyclic) bond motifs is 2. The van der Waals surface area contributed by atoms with Crippen molar-refractivity contribution in [3.8, 4) is 0 Å². The molecular formula is C21H23N3O5S. The number of anilines is 1. The first-order chi connectivity index (χ1) is 14.4. The Labute approximate surface area is 175 Å². The van der Waals surface area contributed by atoms with E-state index < -0.39 is 38.0 Å². The molecule has 2 aromatic rings. The van der Waals surface area contributed by atoms with Gasteiger partial charge < -0.3 is 5.32 Å². The van der Waals surface area contributed by atoms with Crippen LogP contribution < -0.4 is 9.62 Å². The number of carbonyl (C=O) groups excluding carboxylic acids is 1. The van der Waals surface area contributed by atoms with E-state index in [9.17, 15) is 23.3 Å². The number of para-hydroxylation sites is 2. The Morgan fingerprint density at radius 3 is 2.40 bits per heavy atom. The van der Waals surface area contributed by atoms with Gasteiger partial charge in [-0.2, -0.15) is 0 Å². The maximum Gasteiger partial charge on any atom is 0.289 e. The number of carbonyl (C=O) groups is 1. The molecule has 3 atom stereocenters. The lowest BCUT2D eigenvalue weighted by molar-refractivity contribution is -0.387. The Morgan fingerprint density at radius 2 is 1.77 bits per heavy atom. The van der Waals surface area contributed by atoms with Crippen LogP contribution in [-0.2, 0) is 14.8 Å². The van der Waals surface area contributed by atoms with Gasteiger partial charge in [-0.3, -0.25) is 19.2 Å². The van der Waals surface area contributed by atoms with Gasteiger partial charge in [0.05, 0.1) is 10.6 Å². The highest BCUT2D eigenvalue weighted by Gasteiger charge is 2.41. The summed E-state index contributed by atoms with van der Waals surface area (Å²) in [5, 5.41) is 14.4. The maximum absolute atomic E-state index is 13.4. The fourth-order valence-electron chi connectivity index (χ4n) is 4.66.